The van der Waals surface area contributed by atoms with Crippen LogP contribution in [0.25, 0.3) is 0 Å². The molecule has 0 bridgehead atoms. The Morgan fingerprint density at radius 2 is 1.80 bits per heavy atom. The standard InChI is InChI=1S/C10H12Cl2O3/c1-13-10(14-2)6-15-7-3-4-8(11)9(12)5-7/h3-5,10H,6H2,1-2H3. The van der Waals surface area contributed by atoms with Crippen LogP contribution < -0.4 is 4.74 Å². The Kier molecular flexibility index (Phi) is 5.19. The number of hydrogen-bond acceptors (Lipinski definition) is 3. The molecule has 15 heavy (non-hydrogen) atoms. The summed E-state index contributed by atoms with van der Waals surface area (Å²) in [6, 6.07) is 5.05. The second kappa shape index (κ2) is 6.18. The summed E-state index contributed by atoms with van der Waals surface area (Å²) in [5.74, 6) is 0.628. The molecule has 0 heterocycles. The first-order valence-corrected chi connectivity index (χ1v) is 5.06. The van der Waals surface area contributed by atoms with Gasteiger partial charge in [0.05, 0.1) is 10.0 Å². The fraction of sp³-hybridized carbons (Fsp3) is 0.400. The minimum absolute atomic E-state index is 0.297. The highest BCUT2D eigenvalue weighted by Crippen LogP contribution is 2.26. The van der Waals surface area contributed by atoms with E-state index in [9.17, 15) is 0 Å². The molecule has 0 atom stereocenters. The van der Waals surface area contributed by atoms with E-state index in [2.05, 4.69) is 0 Å². The molecule has 0 unspecified atom stereocenters. The Hall–Kier alpha value is -0.480. The Morgan fingerprint density at radius 3 is 2.33 bits per heavy atom. The van der Waals surface area contributed by atoms with Crippen LogP contribution in [0.1, 0.15) is 0 Å². The SMILES string of the molecule is COC(COc1ccc(Cl)c(Cl)c1)OC. The Morgan fingerprint density at radius 1 is 1.13 bits per heavy atom. The van der Waals surface area contributed by atoms with Gasteiger partial charge in [-0.1, -0.05) is 23.2 Å². The smallest absolute Gasteiger partial charge is 0.191 e. The summed E-state index contributed by atoms with van der Waals surface area (Å²) in [6.07, 6.45) is -0.389. The van der Waals surface area contributed by atoms with Crippen molar-refractivity contribution in [2.75, 3.05) is 20.8 Å². The van der Waals surface area contributed by atoms with E-state index in [-0.39, 0.29) is 6.29 Å². The Bertz CT molecular complexity index is 314. The Labute approximate surface area is 98.8 Å². The zero-order valence-electron chi connectivity index (χ0n) is 8.50. The van der Waals surface area contributed by atoms with Crippen molar-refractivity contribution in [2.24, 2.45) is 0 Å². The number of methoxy groups -OCH3 is 2. The van der Waals surface area contributed by atoms with Crippen LogP contribution in [0.3, 0.4) is 0 Å². The molecule has 0 fully saturated rings. The molecule has 0 radical (unpaired) electrons. The van der Waals surface area contributed by atoms with Crippen molar-refractivity contribution in [2.45, 2.75) is 6.29 Å². The third-order valence-corrected chi connectivity index (χ3v) is 2.54. The molecule has 0 aliphatic heterocycles. The summed E-state index contributed by atoms with van der Waals surface area (Å²) in [4.78, 5) is 0. The monoisotopic (exact) mass is 250 g/mol. The van der Waals surface area contributed by atoms with Crippen molar-refractivity contribution in [3.63, 3.8) is 0 Å². The molecule has 0 aliphatic carbocycles. The van der Waals surface area contributed by atoms with E-state index in [1.165, 1.54) is 0 Å². The lowest BCUT2D eigenvalue weighted by Gasteiger charge is -2.14. The van der Waals surface area contributed by atoms with Crippen molar-refractivity contribution in [1.82, 2.24) is 0 Å². The van der Waals surface area contributed by atoms with E-state index in [0.717, 1.165) is 0 Å². The molecule has 0 saturated heterocycles. The summed E-state index contributed by atoms with van der Waals surface area (Å²) in [5, 5.41) is 0.958. The summed E-state index contributed by atoms with van der Waals surface area (Å²) < 4.78 is 15.3. The van der Waals surface area contributed by atoms with Crippen LogP contribution in [0.15, 0.2) is 18.2 Å². The highest BCUT2D eigenvalue weighted by atomic mass is 35.5. The largest absolute Gasteiger partial charge is 0.488 e. The fourth-order valence-corrected chi connectivity index (χ4v) is 1.25. The van der Waals surface area contributed by atoms with Gasteiger partial charge in [0.2, 0.25) is 0 Å². The van der Waals surface area contributed by atoms with Gasteiger partial charge in [0, 0.05) is 20.3 Å². The first kappa shape index (κ1) is 12.6. The predicted octanol–water partition coefficient (Wildman–Crippen LogP) is 2.99. The highest BCUT2D eigenvalue weighted by Gasteiger charge is 2.06. The molecule has 0 spiro atoms. The van der Waals surface area contributed by atoms with Gasteiger partial charge in [-0.3, -0.25) is 0 Å². The maximum absolute atomic E-state index is 5.82. The average molecular weight is 251 g/mol. The first-order chi connectivity index (χ1) is 7.17. The van der Waals surface area contributed by atoms with E-state index in [4.69, 9.17) is 37.4 Å². The third-order valence-electron chi connectivity index (χ3n) is 1.80. The van der Waals surface area contributed by atoms with Gasteiger partial charge in [-0.15, -0.1) is 0 Å². The summed E-state index contributed by atoms with van der Waals surface area (Å²) in [7, 11) is 3.10. The molecule has 0 saturated carbocycles. The molecule has 0 N–H and O–H groups in total. The van der Waals surface area contributed by atoms with Gasteiger partial charge >= 0.3 is 0 Å². The van der Waals surface area contributed by atoms with Gasteiger partial charge in [0.25, 0.3) is 0 Å². The van der Waals surface area contributed by atoms with Crippen molar-refractivity contribution < 1.29 is 14.2 Å². The van der Waals surface area contributed by atoms with Crippen LogP contribution >= 0.6 is 23.2 Å². The van der Waals surface area contributed by atoms with E-state index in [1.807, 2.05) is 0 Å². The van der Waals surface area contributed by atoms with Gasteiger partial charge in [-0.2, -0.15) is 0 Å². The van der Waals surface area contributed by atoms with Crippen LogP contribution in [0.5, 0.6) is 5.75 Å². The lowest BCUT2D eigenvalue weighted by Crippen LogP contribution is -2.21. The van der Waals surface area contributed by atoms with E-state index >= 15 is 0 Å². The van der Waals surface area contributed by atoms with Gasteiger partial charge in [-0.25, -0.2) is 0 Å². The van der Waals surface area contributed by atoms with Crippen LogP contribution in [-0.2, 0) is 9.47 Å². The minimum atomic E-state index is -0.389. The number of halogens is 2. The van der Waals surface area contributed by atoms with Crippen LogP contribution in [0, 0.1) is 0 Å². The van der Waals surface area contributed by atoms with Crippen molar-refractivity contribution in [3.05, 3.63) is 28.2 Å². The molecule has 3 nitrogen and oxygen atoms in total. The third kappa shape index (κ3) is 3.87. The summed E-state index contributed by atoms with van der Waals surface area (Å²) >= 11 is 11.6. The second-order valence-corrected chi connectivity index (χ2v) is 3.60. The van der Waals surface area contributed by atoms with Crippen molar-refractivity contribution in [3.8, 4) is 5.75 Å². The van der Waals surface area contributed by atoms with Gasteiger partial charge in [0.1, 0.15) is 12.4 Å². The number of benzene rings is 1. The van der Waals surface area contributed by atoms with Gasteiger partial charge in [-0.05, 0) is 12.1 Å². The summed E-state index contributed by atoms with van der Waals surface area (Å²) in [5.41, 5.74) is 0. The number of rotatable bonds is 5. The molecule has 0 amide bonds. The lowest BCUT2D eigenvalue weighted by atomic mass is 10.3. The van der Waals surface area contributed by atoms with Crippen molar-refractivity contribution in [1.29, 1.82) is 0 Å². The van der Waals surface area contributed by atoms with Crippen LogP contribution in [-0.4, -0.2) is 27.1 Å². The topological polar surface area (TPSA) is 27.7 Å². The lowest BCUT2D eigenvalue weighted by molar-refractivity contribution is -0.121. The quantitative estimate of drug-likeness (QED) is 0.753. The fourth-order valence-electron chi connectivity index (χ4n) is 0.963. The second-order valence-electron chi connectivity index (χ2n) is 2.79. The molecule has 5 heteroatoms. The van der Waals surface area contributed by atoms with E-state index in [0.29, 0.717) is 22.4 Å². The van der Waals surface area contributed by atoms with E-state index in [1.54, 1.807) is 32.4 Å². The zero-order valence-corrected chi connectivity index (χ0v) is 10.0. The van der Waals surface area contributed by atoms with Crippen LogP contribution in [0.2, 0.25) is 10.0 Å². The normalized spacial score (nSPS) is 10.7. The number of ether oxygens (including phenoxy) is 3. The molecule has 1 aromatic rings. The molecular formula is C10H12Cl2O3. The van der Waals surface area contributed by atoms with Gasteiger partial charge < -0.3 is 14.2 Å². The number of hydrogen-bond donors (Lipinski definition) is 0. The highest BCUT2D eigenvalue weighted by molar-refractivity contribution is 6.42. The molecular weight excluding hydrogens is 239 g/mol. The van der Waals surface area contributed by atoms with Gasteiger partial charge in [0.15, 0.2) is 6.29 Å². The first-order valence-electron chi connectivity index (χ1n) is 4.30. The predicted molar refractivity (Wildman–Crippen MR) is 59.8 cm³/mol. The molecule has 0 aromatic heterocycles. The molecule has 84 valence electrons. The zero-order chi connectivity index (χ0) is 11.3. The maximum atomic E-state index is 5.82. The molecule has 1 rings (SSSR count). The minimum Gasteiger partial charge on any atom is -0.488 e. The average Bonchev–Trinajstić information content (AvgIpc) is 2.24. The maximum Gasteiger partial charge on any atom is 0.191 e. The van der Waals surface area contributed by atoms with Crippen LogP contribution in [0.4, 0.5) is 0 Å². The Balaban J connectivity index is 2.54. The summed E-state index contributed by atoms with van der Waals surface area (Å²) in [6.45, 7) is 0.297. The van der Waals surface area contributed by atoms with Crippen molar-refractivity contribution >= 4 is 23.2 Å². The molecule has 0 aliphatic rings. The molecule has 1 aromatic carbocycles. The van der Waals surface area contributed by atoms with E-state index < -0.39 is 0 Å².